The van der Waals surface area contributed by atoms with Crippen LogP contribution in [-0.4, -0.2) is 56.5 Å². The Morgan fingerprint density at radius 2 is 2.14 bits per heavy atom. The maximum Gasteiger partial charge on any atom is 0.328 e. The lowest BCUT2D eigenvalue weighted by atomic mass is 10.0. The summed E-state index contributed by atoms with van der Waals surface area (Å²) in [6.45, 7) is 2.74. The highest BCUT2D eigenvalue weighted by atomic mass is 32.2. The SMILES string of the molecule is CCOC(=O)[C@@H]1CCCCN1C(=O)CSc1nnc(-c2cccs2)n1C1CC1. The molecule has 0 radical (unpaired) electrons. The topological polar surface area (TPSA) is 77.3 Å². The quantitative estimate of drug-likeness (QED) is 0.505. The molecule has 2 aromatic heterocycles. The molecular weight excluding hydrogens is 396 g/mol. The molecule has 0 N–H and O–H groups in total. The number of piperidine rings is 1. The highest BCUT2D eigenvalue weighted by Crippen LogP contribution is 2.41. The first-order chi connectivity index (χ1) is 13.7. The Labute approximate surface area is 172 Å². The number of hydrogen-bond acceptors (Lipinski definition) is 7. The maximum absolute atomic E-state index is 12.9. The number of carbonyl (C=O) groups excluding carboxylic acids is 2. The molecule has 4 rings (SSSR count). The number of aromatic nitrogens is 3. The minimum Gasteiger partial charge on any atom is -0.464 e. The van der Waals surface area contributed by atoms with Gasteiger partial charge in [-0.25, -0.2) is 4.79 Å². The largest absolute Gasteiger partial charge is 0.464 e. The highest BCUT2D eigenvalue weighted by molar-refractivity contribution is 7.99. The zero-order valence-electron chi connectivity index (χ0n) is 15.9. The van der Waals surface area contributed by atoms with E-state index in [0.29, 0.717) is 25.6 Å². The number of thiophene rings is 1. The molecule has 1 atom stereocenters. The summed E-state index contributed by atoms with van der Waals surface area (Å²) < 4.78 is 7.33. The molecule has 1 aliphatic heterocycles. The smallest absolute Gasteiger partial charge is 0.328 e. The molecule has 28 heavy (non-hydrogen) atoms. The fourth-order valence-corrected chi connectivity index (χ4v) is 5.13. The van der Waals surface area contributed by atoms with E-state index >= 15 is 0 Å². The Morgan fingerprint density at radius 3 is 2.86 bits per heavy atom. The zero-order chi connectivity index (χ0) is 19.5. The third-order valence-corrected chi connectivity index (χ3v) is 6.82. The van der Waals surface area contributed by atoms with Gasteiger partial charge in [0.05, 0.1) is 17.2 Å². The molecule has 150 valence electrons. The lowest BCUT2D eigenvalue weighted by Gasteiger charge is -2.33. The maximum atomic E-state index is 12.9. The van der Waals surface area contributed by atoms with E-state index in [4.69, 9.17) is 4.74 Å². The van der Waals surface area contributed by atoms with E-state index in [9.17, 15) is 9.59 Å². The van der Waals surface area contributed by atoms with Crippen molar-refractivity contribution in [2.75, 3.05) is 18.9 Å². The zero-order valence-corrected chi connectivity index (χ0v) is 17.5. The number of rotatable bonds is 7. The van der Waals surface area contributed by atoms with Gasteiger partial charge in [0.15, 0.2) is 11.0 Å². The Balaban J connectivity index is 1.45. The van der Waals surface area contributed by atoms with Gasteiger partial charge in [-0.05, 0) is 50.5 Å². The van der Waals surface area contributed by atoms with Crippen molar-refractivity contribution in [2.45, 2.75) is 56.3 Å². The average Bonchev–Trinajstić information content (AvgIpc) is 3.23. The first kappa shape index (κ1) is 19.4. The Hall–Kier alpha value is -1.87. The van der Waals surface area contributed by atoms with Crippen LogP contribution in [0.15, 0.2) is 22.7 Å². The summed E-state index contributed by atoms with van der Waals surface area (Å²) in [6.07, 6.45) is 4.79. The molecule has 0 bridgehead atoms. The predicted molar refractivity (Wildman–Crippen MR) is 108 cm³/mol. The standard InChI is InChI=1S/C19H24N4O3S2/c1-2-26-18(25)14-6-3-4-10-22(14)16(24)12-28-19-21-20-17(15-7-5-11-27-15)23(19)13-8-9-13/h5,7,11,13-14H,2-4,6,8-10,12H2,1H3/t14-/m0/s1. The van der Waals surface area contributed by atoms with Gasteiger partial charge in [-0.3, -0.25) is 9.36 Å². The van der Waals surface area contributed by atoms with E-state index in [-0.39, 0.29) is 17.6 Å². The van der Waals surface area contributed by atoms with Crippen LogP contribution in [0, 0.1) is 0 Å². The van der Waals surface area contributed by atoms with E-state index in [1.165, 1.54) is 11.8 Å². The Morgan fingerprint density at radius 1 is 1.29 bits per heavy atom. The van der Waals surface area contributed by atoms with Crippen LogP contribution < -0.4 is 0 Å². The van der Waals surface area contributed by atoms with Gasteiger partial charge < -0.3 is 9.64 Å². The molecule has 1 saturated carbocycles. The van der Waals surface area contributed by atoms with Crippen LogP contribution in [0.25, 0.3) is 10.7 Å². The third-order valence-electron chi connectivity index (χ3n) is 5.02. The molecule has 7 nitrogen and oxygen atoms in total. The van der Waals surface area contributed by atoms with Crippen LogP contribution in [0.4, 0.5) is 0 Å². The number of carbonyl (C=O) groups is 2. The predicted octanol–water partition coefficient (Wildman–Crippen LogP) is 3.38. The second-order valence-electron chi connectivity index (χ2n) is 7.02. The minimum absolute atomic E-state index is 0.0363. The van der Waals surface area contributed by atoms with Gasteiger partial charge in [0.1, 0.15) is 6.04 Å². The van der Waals surface area contributed by atoms with Crippen molar-refractivity contribution < 1.29 is 14.3 Å². The number of likely N-dealkylation sites (tertiary alicyclic amines) is 1. The lowest BCUT2D eigenvalue weighted by molar-refractivity contribution is -0.155. The fourth-order valence-electron chi connectivity index (χ4n) is 3.53. The molecular formula is C19H24N4O3S2. The molecule has 1 aliphatic carbocycles. The third kappa shape index (κ3) is 4.10. The first-order valence-electron chi connectivity index (χ1n) is 9.76. The van der Waals surface area contributed by atoms with Crippen molar-refractivity contribution in [2.24, 2.45) is 0 Å². The van der Waals surface area contributed by atoms with E-state index < -0.39 is 6.04 Å². The van der Waals surface area contributed by atoms with Crippen LogP contribution in [0.3, 0.4) is 0 Å². The summed E-state index contributed by atoms with van der Waals surface area (Å²) in [4.78, 5) is 27.9. The summed E-state index contributed by atoms with van der Waals surface area (Å²) in [5.74, 6) is 0.813. The van der Waals surface area contributed by atoms with Crippen molar-refractivity contribution in [1.82, 2.24) is 19.7 Å². The monoisotopic (exact) mass is 420 g/mol. The molecule has 2 aromatic rings. The summed E-state index contributed by atoms with van der Waals surface area (Å²) in [6, 6.07) is 4.02. The average molecular weight is 421 g/mol. The van der Waals surface area contributed by atoms with Crippen molar-refractivity contribution in [3.05, 3.63) is 17.5 Å². The van der Waals surface area contributed by atoms with Crippen molar-refractivity contribution in [1.29, 1.82) is 0 Å². The number of esters is 1. The van der Waals surface area contributed by atoms with E-state index in [1.807, 2.05) is 17.5 Å². The lowest BCUT2D eigenvalue weighted by Crippen LogP contribution is -2.49. The van der Waals surface area contributed by atoms with E-state index in [2.05, 4.69) is 14.8 Å². The first-order valence-corrected chi connectivity index (χ1v) is 11.6. The second kappa shape index (κ2) is 8.65. The summed E-state index contributed by atoms with van der Waals surface area (Å²) in [5.41, 5.74) is 0. The van der Waals surface area contributed by atoms with Gasteiger partial charge in [0, 0.05) is 12.6 Å². The van der Waals surface area contributed by atoms with E-state index in [0.717, 1.165) is 41.5 Å². The van der Waals surface area contributed by atoms with E-state index in [1.54, 1.807) is 23.2 Å². The summed E-state index contributed by atoms with van der Waals surface area (Å²) in [7, 11) is 0. The number of amides is 1. The van der Waals surface area contributed by atoms with Crippen LogP contribution >= 0.6 is 23.1 Å². The van der Waals surface area contributed by atoms with Crippen molar-refractivity contribution >= 4 is 35.0 Å². The molecule has 1 amide bonds. The summed E-state index contributed by atoms with van der Waals surface area (Å²) in [5, 5.41) is 11.5. The number of thioether (sulfide) groups is 1. The second-order valence-corrected chi connectivity index (χ2v) is 8.91. The Bertz CT molecular complexity index is 832. The van der Waals surface area contributed by atoms with Gasteiger partial charge in [-0.1, -0.05) is 17.8 Å². The van der Waals surface area contributed by atoms with Crippen molar-refractivity contribution in [3.8, 4) is 10.7 Å². The fraction of sp³-hybridized carbons (Fsp3) is 0.579. The highest BCUT2D eigenvalue weighted by Gasteiger charge is 2.34. The molecule has 2 fully saturated rings. The van der Waals surface area contributed by atoms with Crippen LogP contribution in [0.1, 0.15) is 45.1 Å². The molecule has 2 aliphatic rings. The number of nitrogens with zero attached hydrogens (tertiary/aromatic N) is 4. The number of ether oxygens (including phenoxy) is 1. The van der Waals surface area contributed by atoms with Gasteiger partial charge in [-0.15, -0.1) is 21.5 Å². The molecule has 0 spiro atoms. The van der Waals surface area contributed by atoms with Crippen LogP contribution in [0.2, 0.25) is 0 Å². The molecule has 9 heteroatoms. The van der Waals surface area contributed by atoms with Gasteiger partial charge in [0.25, 0.3) is 0 Å². The molecule has 0 unspecified atom stereocenters. The Kier molecular flexibility index (Phi) is 6.01. The van der Waals surface area contributed by atoms with Crippen molar-refractivity contribution in [3.63, 3.8) is 0 Å². The van der Waals surface area contributed by atoms with Crippen LogP contribution in [0.5, 0.6) is 0 Å². The normalized spacial score (nSPS) is 19.6. The van der Waals surface area contributed by atoms with Crippen LogP contribution in [-0.2, 0) is 14.3 Å². The van der Waals surface area contributed by atoms with Gasteiger partial charge >= 0.3 is 5.97 Å². The number of hydrogen-bond donors (Lipinski definition) is 0. The molecule has 3 heterocycles. The minimum atomic E-state index is -0.454. The molecule has 0 aromatic carbocycles. The van der Waals surface area contributed by atoms with Gasteiger partial charge in [-0.2, -0.15) is 0 Å². The van der Waals surface area contributed by atoms with Gasteiger partial charge in [0.2, 0.25) is 5.91 Å². The molecule has 1 saturated heterocycles. The summed E-state index contributed by atoms with van der Waals surface area (Å²) >= 11 is 3.06.